The van der Waals surface area contributed by atoms with Crippen molar-refractivity contribution in [2.75, 3.05) is 19.8 Å². The van der Waals surface area contributed by atoms with Crippen molar-refractivity contribution in [1.82, 2.24) is 10.2 Å². The fourth-order valence-electron chi connectivity index (χ4n) is 2.50. The highest BCUT2D eigenvalue weighted by Gasteiger charge is 2.29. The highest BCUT2D eigenvalue weighted by Crippen LogP contribution is 2.18. The van der Waals surface area contributed by atoms with Crippen molar-refractivity contribution in [2.45, 2.75) is 50.9 Å². The number of carbonyl (C=O) groups is 1. The van der Waals surface area contributed by atoms with Crippen molar-refractivity contribution in [3.63, 3.8) is 0 Å². The minimum absolute atomic E-state index is 0.0856. The van der Waals surface area contributed by atoms with Gasteiger partial charge in [0.1, 0.15) is 6.10 Å². The molecule has 0 unspecified atom stereocenters. The molecule has 98 valence electrons. The van der Waals surface area contributed by atoms with Crippen molar-refractivity contribution in [1.29, 1.82) is 0 Å². The third kappa shape index (κ3) is 3.94. The van der Waals surface area contributed by atoms with Crippen LogP contribution in [0.1, 0.15) is 32.6 Å². The first-order valence-electron chi connectivity index (χ1n) is 6.44. The van der Waals surface area contributed by atoms with Gasteiger partial charge in [0.25, 0.3) is 0 Å². The van der Waals surface area contributed by atoms with Crippen LogP contribution in [0.25, 0.3) is 0 Å². The first-order chi connectivity index (χ1) is 8.13. The van der Waals surface area contributed by atoms with Gasteiger partial charge in [-0.15, -0.1) is 0 Å². The maximum absolute atomic E-state index is 10.7. The lowest BCUT2D eigenvalue weighted by atomic mass is 9.93. The first-order valence-corrected chi connectivity index (χ1v) is 6.44. The lowest BCUT2D eigenvalue weighted by molar-refractivity contribution is -0.154. The Balaban J connectivity index is 1.54. The van der Waals surface area contributed by atoms with E-state index in [0.29, 0.717) is 6.04 Å². The maximum atomic E-state index is 10.7. The summed E-state index contributed by atoms with van der Waals surface area (Å²) in [4.78, 5) is 12.9. The Kier molecular flexibility index (Phi) is 4.36. The summed E-state index contributed by atoms with van der Waals surface area (Å²) in [5.41, 5.74) is 0. The predicted molar refractivity (Wildman–Crippen MR) is 63.4 cm³/mol. The fraction of sp³-hybridized carbons (Fsp3) is 0.917. The van der Waals surface area contributed by atoms with Crippen LogP contribution < -0.4 is 5.32 Å². The van der Waals surface area contributed by atoms with Crippen molar-refractivity contribution in [2.24, 2.45) is 0 Å². The summed E-state index contributed by atoms with van der Waals surface area (Å²) >= 11 is 0. The van der Waals surface area contributed by atoms with Crippen molar-refractivity contribution in [3.05, 3.63) is 0 Å². The molecule has 2 fully saturated rings. The topological polar surface area (TPSA) is 61.8 Å². The van der Waals surface area contributed by atoms with E-state index in [1.807, 2.05) is 0 Å². The number of ether oxygens (including phenoxy) is 1. The quantitative estimate of drug-likeness (QED) is 0.684. The molecule has 1 saturated heterocycles. The van der Waals surface area contributed by atoms with Gasteiger partial charge in [-0.1, -0.05) is 0 Å². The van der Waals surface area contributed by atoms with Crippen LogP contribution in [0.3, 0.4) is 0 Å². The van der Waals surface area contributed by atoms with Crippen molar-refractivity contribution in [3.8, 4) is 0 Å². The van der Waals surface area contributed by atoms with Gasteiger partial charge in [-0.25, -0.2) is 0 Å². The number of rotatable bonds is 4. The molecule has 1 aliphatic carbocycles. The molecule has 2 rings (SSSR count). The standard InChI is InChI=1S/C12H22N2O3/c1-9(15)17-12-6-14(7-12)8-13-10-2-4-11(16)5-3-10/h10-13,16H,2-8H2,1H3. The lowest BCUT2D eigenvalue weighted by Gasteiger charge is -2.39. The van der Waals surface area contributed by atoms with Gasteiger partial charge in [0, 0.05) is 32.7 Å². The SMILES string of the molecule is CC(=O)OC1CN(CNC2CCC(O)CC2)C1. The van der Waals surface area contributed by atoms with Gasteiger partial charge in [0.2, 0.25) is 0 Å². The fourth-order valence-corrected chi connectivity index (χ4v) is 2.50. The molecule has 0 atom stereocenters. The van der Waals surface area contributed by atoms with E-state index in [1.54, 1.807) is 0 Å². The molecule has 0 bridgehead atoms. The van der Waals surface area contributed by atoms with Crippen LogP contribution in [0.5, 0.6) is 0 Å². The highest BCUT2D eigenvalue weighted by atomic mass is 16.5. The van der Waals surface area contributed by atoms with Gasteiger partial charge in [-0.2, -0.15) is 0 Å². The first kappa shape index (κ1) is 12.8. The van der Waals surface area contributed by atoms with Gasteiger partial charge in [0.15, 0.2) is 0 Å². The van der Waals surface area contributed by atoms with Crippen molar-refractivity contribution >= 4 is 5.97 Å². The molecular weight excluding hydrogens is 220 g/mol. The second-order valence-electron chi connectivity index (χ2n) is 5.14. The zero-order chi connectivity index (χ0) is 12.3. The molecule has 0 radical (unpaired) electrons. The summed E-state index contributed by atoms with van der Waals surface area (Å²) in [6.07, 6.45) is 3.93. The molecular formula is C12H22N2O3. The number of aliphatic hydroxyl groups excluding tert-OH is 1. The molecule has 1 saturated carbocycles. The molecule has 0 amide bonds. The molecule has 2 N–H and O–H groups in total. The number of esters is 1. The van der Waals surface area contributed by atoms with E-state index in [2.05, 4.69) is 10.2 Å². The molecule has 17 heavy (non-hydrogen) atoms. The van der Waals surface area contributed by atoms with Crippen LogP contribution in [-0.4, -0.2) is 54.0 Å². The monoisotopic (exact) mass is 242 g/mol. The summed E-state index contributed by atoms with van der Waals surface area (Å²) in [6.45, 7) is 3.98. The minimum Gasteiger partial charge on any atom is -0.460 e. The zero-order valence-corrected chi connectivity index (χ0v) is 10.4. The number of hydrogen-bond donors (Lipinski definition) is 2. The maximum Gasteiger partial charge on any atom is 0.302 e. The van der Waals surface area contributed by atoms with Crippen molar-refractivity contribution < 1.29 is 14.6 Å². The average molecular weight is 242 g/mol. The van der Waals surface area contributed by atoms with E-state index < -0.39 is 0 Å². The number of nitrogens with zero attached hydrogens (tertiary/aromatic N) is 1. The van der Waals surface area contributed by atoms with Gasteiger partial charge in [0.05, 0.1) is 6.10 Å². The van der Waals surface area contributed by atoms with E-state index in [1.165, 1.54) is 6.92 Å². The second kappa shape index (κ2) is 5.80. The Labute approximate surface area is 102 Å². The summed E-state index contributed by atoms with van der Waals surface area (Å²) in [6, 6.07) is 0.533. The largest absolute Gasteiger partial charge is 0.460 e. The molecule has 0 aromatic heterocycles. The molecule has 0 spiro atoms. The van der Waals surface area contributed by atoms with Gasteiger partial charge in [-0.3, -0.25) is 9.69 Å². The molecule has 5 heteroatoms. The smallest absolute Gasteiger partial charge is 0.302 e. The molecule has 2 aliphatic rings. The average Bonchev–Trinajstić information content (AvgIpc) is 2.23. The molecule has 0 aromatic rings. The molecule has 0 aromatic carbocycles. The number of likely N-dealkylation sites (tertiary alicyclic amines) is 1. The van der Waals surface area contributed by atoms with Gasteiger partial charge < -0.3 is 15.2 Å². The zero-order valence-electron chi connectivity index (χ0n) is 10.4. The number of aliphatic hydroxyl groups is 1. The Morgan fingerprint density at radius 1 is 1.35 bits per heavy atom. The summed E-state index contributed by atoms with van der Waals surface area (Å²) in [7, 11) is 0. The van der Waals surface area contributed by atoms with Crippen LogP contribution in [-0.2, 0) is 9.53 Å². The number of nitrogens with one attached hydrogen (secondary N) is 1. The number of hydrogen-bond acceptors (Lipinski definition) is 5. The minimum atomic E-state index is -0.191. The van der Waals surface area contributed by atoms with Gasteiger partial charge >= 0.3 is 5.97 Å². The summed E-state index contributed by atoms with van der Waals surface area (Å²) < 4.78 is 5.08. The van der Waals surface area contributed by atoms with Crippen LogP contribution in [0.15, 0.2) is 0 Å². The summed E-state index contributed by atoms with van der Waals surface area (Å²) in [5, 5.41) is 12.9. The number of carbonyl (C=O) groups excluding carboxylic acids is 1. The van der Waals surface area contributed by atoms with E-state index in [4.69, 9.17) is 4.74 Å². The van der Waals surface area contributed by atoms with E-state index in [9.17, 15) is 9.90 Å². The third-order valence-electron chi connectivity index (χ3n) is 3.56. The Hall–Kier alpha value is -0.650. The Morgan fingerprint density at radius 2 is 2.00 bits per heavy atom. The second-order valence-corrected chi connectivity index (χ2v) is 5.14. The van der Waals surface area contributed by atoms with Crippen LogP contribution in [0.2, 0.25) is 0 Å². The summed E-state index contributed by atoms with van der Waals surface area (Å²) in [5.74, 6) is -0.191. The molecule has 5 nitrogen and oxygen atoms in total. The normalized spacial score (nSPS) is 30.9. The van der Waals surface area contributed by atoms with E-state index >= 15 is 0 Å². The van der Waals surface area contributed by atoms with Crippen LogP contribution >= 0.6 is 0 Å². The Bertz CT molecular complexity index is 258. The van der Waals surface area contributed by atoms with Gasteiger partial charge in [-0.05, 0) is 25.7 Å². The third-order valence-corrected chi connectivity index (χ3v) is 3.56. The molecule has 1 heterocycles. The molecule has 1 aliphatic heterocycles. The van der Waals surface area contributed by atoms with E-state index in [0.717, 1.165) is 45.4 Å². The van der Waals surface area contributed by atoms with E-state index in [-0.39, 0.29) is 18.2 Å². The van der Waals surface area contributed by atoms with Crippen LogP contribution in [0.4, 0.5) is 0 Å². The lowest BCUT2D eigenvalue weighted by Crippen LogP contribution is -2.56. The van der Waals surface area contributed by atoms with Crippen LogP contribution in [0, 0.1) is 0 Å². The highest BCUT2D eigenvalue weighted by molar-refractivity contribution is 5.66. The Morgan fingerprint density at radius 3 is 2.59 bits per heavy atom. The predicted octanol–water partition coefficient (Wildman–Crippen LogP) is 0.0843.